The Morgan fingerprint density at radius 2 is 1.03 bits per heavy atom. The number of aliphatic hydroxyl groups is 5. The maximum atomic E-state index is 12.0. The molecular weight excluding hydrogens is 428 g/mol. The summed E-state index contributed by atoms with van der Waals surface area (Å²) in [7, 11) is 0. The fraction of sp³-hybridized carbons (Fsp3) is 0.920. The Morgan fingerprint density at radius 3 is 1.39 bits per heavy atom. The van der Waals surface area contributed by atoms with Crippen molar-refractivity contribution < 1.29 is 39.9 Å². The largest absolute Gasteiger partial charge is 0.451 e. The van der Waals surface area contributed by atoms with Gasteiger partial charge in [-0.15, -0.1) is 0 Å². The summed E-state index contributed by atoms with van der Waals surface area (Å²) in [5.74, 6) is -1.27. The Bertz CT molecular complexity index is 485. The topological polar surface area (TPSA) is 145 Å². The molecule has 0 aromatic rings. The highest BCUT2D eigenvalue weighted by atomic mass is 16.6. The van der Waals surface area contributed by atoms with Crippen LogP contribution in [-0.4, -0.2) is 74.9 Å². The highest BCUT2D eigenvalue weighted by Gasteiger charge is 2.36. The van der Waals surface area contributed by atoms with Gasteiger partial charge in [-0.25, -0.2) is 0 Å². The van der Waals surface area contributed by atoms with Crippen molar-refractivity contribution >= 4 is 11.8 Å². The van der Waals surface area contributed by atoms with Gasteiger partial charge in [-0.1, -0.05) is 83.5 Å². The number of rotatable bonds is 23. The van der Waals surface area contributed by atoms with Gasteiger partial charge in [0.25, 0.3) is 0 Å². The van der Waals surface area contributed by atoms with Crippen LogP contribution in [0.1, 0.15) is 110 Å². The fourth-order valence-corrected chi connectivity index (χ4v) is 3.79. The minimum atomic E-state index is -1.80. The highest BCUT2D eigenvalue weighted by Crippen LogP contribution is 2.15. The van der Waals surface area contributed by atoms with E-state index in [-0.39, 0.29) is 6.42 Å². The van der Waals surface area contributed by atoms with Crippen molar-refractivity contribution in [2.75, 3.05) is 13.2 Å². The first kappa shape index (κ1) is 31.9. The Hall–Kier alpha value is -1.06. The summed E-state index contributed by atoms with van der Waals surface area (Å²) < 4.78 is 5.01. The summed E-state index contributed by atoms with van der Waals surface area (Å²) in [4.78, 5) is 23.6. The molecule has 4 atom stereocenters. The zero-order valence-electron chi connectivity index (χ0n) is 20.5. The van der Waals surface area contributed by atoms with E-state index in [1.165, 1.54) is 57.8 Å². The molecule has 0 saturated carbocycles. The molecule has 0 spiro atoms. The lowest BCUT2D eigenvalue weighted by Crippen LogP contribution is -2.49. The number of carbonyl (C=O) groups is 2. The Balaban J connectivity index is 3.70. The van der Waals surface area contributed by atoms with Crippen LogP contribution >= 0.6 is 0 Å². The third-order valence-corrected chi connectivity index (χ3v) is 5.94. The average molecular weight is 477 g/mol. The van der Waals surface area contributed by atoms with Crippen LogP contribution in [0.5, 0.6) is 0 Å². The summed E-state index contributed by atoms with van der Waals surface area (Å²) in [5.41, 5.74) is 0. The van der Waals surface area contributed by atoms with Gasteiger partial charge in [0.05, 0.1) is 6.61 Å². The van der Waals surface area contributed by atoms with Crippen LogP contribution in [0.15, 0.2) is 0 Å². The van der Waals surface area contributed by atoms with Crippen molar-refractivity contribution in [2.24, 2.45) is 0 Å². The van der Waals surface area contributed by atoms with Crippen LogP contribution in [0, 0.1) is 0 Å². The Labute approximate surface area is 199 Å². The molecule has 0 aliphatic heterocycles. The molecule has 0 radical (unpaired) electrons. The lowest BCUT2D eigenvalue weighted by molar-refractivity contribution is -0.172. The molecule has 8 nitrogen and oxygen atoms in total. The number of esters is 1. The molecule has 0 unspecified atom stereocenters. The first-order valence-corrected chi connectivity index (χ1v) is 12.8. The van der Waals surface area contributed by atoms with Crippen molar-refractivity contribution in [2.45, 2.75) is 134 Å². The van der Waals surface area contributed by atoms with E-state index in [1.54, 1.807) is 0 Å². The number of Topliss-reactive ketones (excluding diaryl/α,β-unsaturated/α-hetero) is 1. The van der Waals surface area contributed by atoms with Crippen molar-refractivity contribution in [1.29, 1.82) is 0 Å². The summed E-state index contributed by atoms with van der Waals surface area (Å²) in [5, 5.41) is 46.7. The van der Waals surface area contributed by atoms with Crippen LogP contribution in [0.3, 0.4) is 0 Å². The molecule has 0 bridgehead atoms. The summed E-state index contributed by atoms with van der Waals surface area (Å²) in [6.45, 7) is 0.647. The minimum absolute atomic E-state index is 0.120. The zero-order valence-corrected chi connectivity index (χ0v) is 20.5. The molecule has 0 amide bonds. The number of hydrogen-bond acceptors (Lipinski definition) is 8. The van der Waals surface area contributed by atoms with Crippen LogP contribution in [-0.2, 0) is 14.3 Å². The first-order chi connectivity index (χ1) is 15.8. The van der Waals surface area contributed by atoms with Crippen molar-refractivity contribution in [3.8, 4) is 0 Å². The second-order valence-electron chi connectivity index (χ2n) is 9.03. The van der Waals surface area contributed by atoms with E-state index in [9.17, 15) is 24.9 Å². The molecule has 0 heterocycles. The fourth-order valence-electron chi connectivity index (χ4n) is 3.79. The van der Waals surface area contributed by atoms with E-state index in [0.29, 0.717) is 13.0 Å². The molecule has 196 valence electrons. The van der Waals surface area contributed by atoms with Crippen LogP contribution < -0.4 is 0 Å². The SMILES string of the molecule is CC(=O)[C@H](OC(=O)CCCCCCCCCCCCCCCCCO)[C@@H](O)[C@H](O)[C@H](O)CO. The third-order valence-electron chi connectivity index (χ3n) is 5.94. The van der Waals surface area contributed by atoms with E-state index in [2.05, 4.69) is 0 Å². The predicted octanol–water partition coefficient (Wildman–Crippen LogP) is 2.80. The molecule has 0 aliphatic carbocycles. The third kappa shape index (κ3) is 17.1. The normalized spacial score (nSPS) is 15.1. The lowest BCUT2D eigenvalue weighted by atomic mass is 10.0. The van der Waals surface area contributed by atoms with E-state index in [4.69, 9.17) is 14.9 Å². The van der Waals surface area contributed by atoms with E-state index >= 15 is 0 Å². The number of ether oxygens (including phenoxy) is 1. The number of carbonyl (C=O) groups excluding carboxylic acids is 2. The van der Waals surface area contributed by atoms with Crippen molar-refractivity contribution in [3.05, 3.63) is 0 Å². The molecule has 33 heavy (non-hydrogen) atoms. The van der Waals surface area contributed by atoms with Gasteiger partial charge in [0.1, 0.15) is 18.3 Å². The van der Waals surface area contributed by atoms with Crippen molar-refractivity contribution in [3.63, 3.8) is 0 Å². The molecule has 5 N–H and O–H groups in total. The van der Waals surface area contributed by atoms with E-state index < -0.39 is 42.8 Å². The molecular formula is C25H48O8. The number of hydrogen-bond donors (Lipinski definition) is 5. The molecule has 0 saturated heterocycles. The number of ketones is 1. The summed E-state index contributed by atoms with van der Waals surface area (Å²) in [6, 6.07) is 0. The van der Waals surface area contributed by atoms with Gasteiger partial charge in [-0.3, -0.25) is 9.59 Å². The van der Waals surface area contributed by atoms with Crippen LogP contribution in [0.25, 0.3) is 0 Å². The Morgan fingerprint density at radius 1 is 0.636 bits per heavy atom. The molecule has 0 fully saturated rings. The van der Waals surface area contributed by atoms with Crippen LogP contribution in [0.2, 0.25) is 0 Å². The van der Waals surface area contributed by atoms with Gasteiger partial charge in [0, 0.05) is 13.0 Å². The second-order valence-corrected chi connectivity index (χ2v) is 9.03. The van der Waals surface area contributed by atoms with Gasteiger partial charge in [0.15, 0.2) is 11.9 Å². The van der Waals surface area contributed by atoms with Crippen LogP contribution in [0.4, 0.5) is 0 Å². The van der Waals surface area contributed by atoms with E-state index in [0.717, 1.165) is 39.0 Å². The maximum Gasteiger partial charge on any atom is 0.306 e. The standard InChI is InChI=1S/C25H48O8/c1-20(28)25(24(32)23(31)21(29)19-27)33-22(30)17-15-13-11-9-7-5-3-2-4-6-8-10-12-14-16-18-26/h21,23-27,29,31-32H,2-19H2,1H3/t21-,23-,24+,25+/m1/s1. The average Bonchev–Trinajstić information content (AvgIpc) is 2.80. The van der Waals surface area contributed by atoms with E-state index in [1.807, 2.05) is 0 Å². The molecule has 0 rings (SSSR count). The zero-order chi connectivity index (χ0) is 24.9. The minimum Gasteiger partial charge on any atom is -0.451 e. The predicted molar refractivity (Wildman–Crippen MR) is 127 cm³/mol. The van der Waals surface area contributed by atoms with Gasteiger partial charge in [0.2, 0.25) is 0 Å². The summed E-state index contributed by atoms with van der Waals surface area (Å²) >= 11 is 0. The monoisotopic (exact) mass is 476 g/mol. The van der Waals surface area contributed by atoms with Gasteiger partial charge >= 0.3 is 5.97 Å². The van der Waals surface area contributed by atoms with Crippen molar-refractivity contribution in [1.82, 2.24) is 0 Å². The van der Waals surface area contributed by atoms with Gasteiger partial charge in [-0.05, 0) is 19.8 Å². The Kier molecular flexibility index (Phi) is 20.8. The smallest absolute Gasteiger partial charge is 0.306 e. The highest BCUT2D eigenvalue weighted by molar-refractivity contribution is 5.84. The molecule has 0 aromatic carbocycles. The lowest BCUT2D eigenvalue weighted by Gasteiger charge is -2.27. The quantitative estimate of drug-likeness (QED) is 0.112. The number of aliphatic hydroxyl groups excluding tert-OH is 5. The van der Waals surface area contributed by atoms with Gasteiger partial charge < -0.3 is 30.3 Å². The molecule has 0 aromatic heterocycles. The second kappa shape index (κ2) is 21.5. The molecule has 0 aliphatic rings. The maximum absolute atomic E-state index is 12.0. The molecule has 8 heteroatoms. The van der Waals surface area contributed by atoms with Gasteiger partial charge in [-0.2, -0.15) is 0 Å². The number of unbranched alkanes of at least 4 members (excludes halogenated alkanes) is 14. The first-order valence-electron chi connectivity index (χ1n) is 12.8. The summed E-state index contributed by atoms with van der Waals surface area (Å²) in [6.07, 6.45) is 10.4.